The van der Waals surface area contributed by atoms with Crippen LogP contribution in [0.2, 0.25) is 0 Å². The van der Waals surface area contributed by atoms with Gasteiger partial charge in [0.05, 0.1) is 30.7 Å². The lowest BCUT2D eigenvalue weighted by Gasteiger charge is -2.26. The number of anilines is 2. The zero-order valence-corrected chi connectivity index (χ0v) is 29.5. The number of benzene rings is 2. The fourth-order valence-corrected chi connectivity index (χ4v) is 7.04. The number of aromatic amines is 1. The number of nitrogen functional groups attached to an aromatic ring is 2. The number of phosphoric ester groups is 1. The molecule has 0 aliphatic carbocycles. The molecule has 0 spiro atoms. The van der Waals surface area contributed by atoms with Crippen LogP contribution in [0, 0.1) is 0 Å². The van der Waals surface area contributed by atoms with E-state index in [4.69, 9.17) is 39.5 Å². The van der Waals surface area contributed by atoms with Gasteiger partial charge in [-0.3, -0.25) is 28.0 Å². The Bertz CT molecular complexity index is 2400. The highest BCUT2D eigenvalue weighted by Crippen LogP contribution is 2.50. The molecule has 2 saturated heterocycles. The number of hydrogen-bond donors (Lipinski definition) is 6. The number of phosphoric acid groups is 1. The molecular formula is C32H32N9O14P. The first kappa shape index (κ1) is 38.4. The number of carbonyl (C=O) groups excluding carboxylic acids is 2. The van der Waals surface area contributed by atoms with Crippen LogP contribution in [-0.2, 0) is 32.6 Å². The molecule has 294 valence electrons. The summed E-state index contributed by atoms with van der Waals surface area (Å²) in [5.41, 5.74) is 9.45. The third-order valence-corrected chi connectivity index (χ3v) is 9.67. The number of esters is 2. The first-order chi connectivity index (χ1) is 26.8. The maximum Gasteiger partial charge on any atom is 0.472 e. The number of aliphatic hydroxyl groups is 2. The lowest BCUT2D eigenvalue weighted by molar-refractivity contribution is -0.0645. The molecule has 2 aliphatic rings. The number of nitrogens with two attached hydrogens (primary N) is 2. The molecule has 4 unspecified atom stereocenters. The van der Waals surface area contributed by atoms with Gasteiger partial charge in [0.1, 0.15) is 30.7 Å². The quantitative estimate of drug-likeness (QED) is 0.0654. The maximum atomic E-state index is 13.6. The average molecular weight is 798 g/mol. The fourth-order valence-electron chi connectivity index (χ4n) is 6.08. The number of nitrogens with zero attached hydrogens (tertiary/aromatic N) is 6. The van der Waals surface area contributed by atoms with Crippen LogP contribution in [0.3, 0.4) is 0 Å². The second kappa shape index (κ2) is 15.7. The minimum absolute atomic E-state index is 0.0743. The molecule has 0 amide bonds. The topological polar surface area (TPSA) is 331 Å². The Morgan fingerprint density at radius 1 is 0.839 bits per heavy atom. The number of imidazole rings is 1. The van der Waals surface area contributed by atoms with Gasteiger partial charge < -0.3 is 45.5 Å². The van der Waals surface area contributed by atoms with Crippen LogP contribution in [0.4, 0.5) is 11.9 Å². The van der Waals surface area contributed by atoms with E-state index in [9.17, 15) is 38.8 Å². The van der Waals surface area contributed by atoms with Crippen molar-refractivity contribution in [3.05, 3.63) is 105 Å². The highest BCUT2D eigenvalue weighted by molar-refractivity contribution is 7.47. The van der Waals surface area contributed by atoms with Crippen LogP contribution < -0.4 is 22.7 Å². The highest BCUT2D eigenvalue weighted by atomic mass is 31.2. The van der Waals surface area contributed by atoms with Crippen molar-refractivity contribution < 1.29 is 57.3 Å². The number of aromatic nitrogens is 7. The number of rotatable bonds is 12. The second-order valence-electron chi connectivity index (χ2n) is 12.3. The van der Waals surface area contributed by atoms with Gasteiger partial charge in [-0.2, -0.15) is 9.97 Å². The van der Waals surface area contributed by atoms with Crippen molar-refractivity contribution in [3.8, 4) is 0 Å². The molecule has 23 nitrogen and oxygen atoms in total. The third kappa shape index (κ3) is 7.78. The van der Waals surface area contributed by atoms with Gasteiger partial charge in [-0.15, -0.1) is 0 Å². The van der Waals surface area contributed by atoms with E-state index in [1.807, 2.05) is 0 Å². The SMILES string of the molecule is Nc1ncn([C@@H]2O[C@H](COP(=O)(O)OC3C(OC(=O)c4ccccc4)[C@H](n4cnc5c(=O)[nH]c(N)nc54)O[C@@H]3CO)[C@H](O)C2OC(=O)c2ccccc2)c(=O)n1. The van der Waals surface area contributed by atoms with Crippen molar-refractivity contribution in [2.45, 2.75) is 49.1 Å². The van der Waals surface area contributed by atoms with Gasteiger partial charge in [-0.05, 0) is 24.3 Å². The Balaban J connectivity index is 1.14. The van der Waals surface area contributed by atoms with Crippen molar-refractivity contribution >= 4 is 42.8 Å². The third-order valence-electron chi connectivity index (χ3n) is 8.68. The lowest BCUT2D eigenvalue weighted by atomic mass is 10.1. The molecule has 2 aromatic carbocycles. The minimum Gasteiger partial charge on any atom is -0.451 e. The summed E-state index contributed by atoms with van der Waals surface area (Å²) in [4.78, 5) is 80.2. The molecule has 0 saturated carbocycles. The van der Waals surface area contributed by atoms with Crippen molar-refractivity contribution in [1.82, 2.24) is 34.1 Å². The van der Waals surface area contributed by atoms with Crippen LogP contribution in [0.5, 0.6) is 0 Å². The molecule has 7 rings (SSSR count). The Labute approximate surface area is 313 Å². The van der Waals surface area contributed by atoms with Crippen molar-refractivity contribution in [1.29, 1.82) is 0 Å². The van der Waals surface area contributed by atoms with Gasteiger partial charge in [-0.25, -0.2) is 28.9 Å². The van der Waals surface area contributed by atoms with Gasteiger partial charge in [0.15, 0.2) is 35.8 Å². The number of fused-ring (bicyclic) bond motifs is 1. The van der Waals surface area contributed by atoms with Crippen LogP contribution in [0.1, 0.15) is 33.2 Å². The molecule has 2 aliphatic heterocycles. The number of ether oxygens (including phenoxy) is 4. The van der Waals surface area contributed by atoms with Crippen molar-refractivity contribution in [3.63, 3.8) is 0 Å². The molecule has 9 atom stereocenters. The summed E-state index contributed by atoms with van der Waals surface area (Å²) in [6.45, 7) is -1.76. The smallest absolute Gasteiger partial charge is 0.451 e. The first-order valence-corrected chi connectivity index (χ1v) is 18.0. The average Bonchev–Trinajstić information content (AvgIpc) is 3.84. The summed E-state index contributed by atoms with van der Waals surface area (Å²) < 4.78 is 49.3. The predicted octanol–water partition coefficient (Wildman–Crippen LogP) is -0.963. The Kier molecular flexibility index (Phi) is 10.7. The molecule has 3 aromatic heterocycles. The zero-order chi connectivity index (χ0) is 39.7. The second-order valence-corrected chi connectivity index (χ2v) is 13.7. The summed E-state index contributed by atoms with van der Waals surface area (Å²) in [6.07, 6.45) is -10.7. The predicted molar refractivity (Wildman–Crippen MR) is 186 cm³/mol. The van der Waals surface area contributed by atoms with Crippen LogP contribution in [0.15, 0.2) is 82.9 Å². The fraction of sp³-hybridized carbons (Fsp3) is 0.312. The van der Waals surface area contributed by atoms with E-state index in [1.165, 1.54) is 28.8 Å². The van der Waals surface area contributed by atoms with E-state index < -0.39 is 93.3 Å². The molecule has 2 fully saturated rings. The van der Waals surface area contributed by atoms with E-state index in [2.05, 4.69) is 24.9 Å². The summed E-state index contributed by atoms with van der Waals surface area (Å²) in [5, 5.41) is 21.6. The standard InChI is InChI=1S/C32H32N9O14P/c33-30-36-14-41(32(47)39-30)26-22(53-28(45)15-7-3-1-4-8-15)20(43)18(52-26)12-50-56(48,49)55-21-17(11-42)51-27(23(21)54-29(46)16-9-5-2-6-10-16)40-13-35-19-24(40)37-31(34)38-25(19)44/h1-10,13-14,17-18,20-23,26-27,42-43H,11-12H2,(H,48,49)(H2,33,39,47)(H3,34,37,38,44)/t17-,18-,20+,21?,22?,23?,26-,27-/m1/s1. The Morgan fingerprint density at radius 2 is 1.43 bits per heavy atom. The molecule has 56 heavy (non-hydrogen) atoms. The number of carbonyl (C=O) groups is 2. The van der Waals surface area contributed by atoms with Gasteiger partial charge in [0.25, 0.3) is 5.56 Å². The number of hydrogen-bond acceptors (Lipinski definition) is 19. The normalized spacial score (nSPS) is 25.8. The van der Waals surface area contributed by atoms with Crippen LogP contribution >= 0.6 is 7.82 Å². The number of nitrogens with one attached hydrogen (secondary N) is 1. The monoisotopic (exact) mass is 797 g/mol. The maximum absolute atomic E-state index is 13.6. The zero-order valence-electron chi connectivity index (χ0n) is 28.6. The van der Waals surface area contributed by atoms with Gasteiger partial charge in [-0.1, -0.05) is 36.4 Å². The van der Waals surface area contributed by atoms with Crippen LogP contribution in [-0.4, -0.2) is 111 Å². The van der Waals surface area contributed by atoms with Gasteiger partial charge >= 0.3 is 25.5 Å². The Morgan fingerprint density at radius 3 is 2.05 bits per heavy atom. The van der Waals surface area contributed by atoms with Gasteiger partial charge in [0, 0.05) is 0 Å². The molecule has 0 bridgehead atoms. The highest BCUT2D eigenvalue weighted by Gasteiger charge is 2.53. The molecular weight excluding hydrogens is 765 g/mol. The molecule has 5 aromatic rings. The number of aliphatic hydroxyl groups excluding tert-OH is 2. The molecule has 0 radical (unpaired) electrons. The largest absolute Gasteiger partial charge is 0.472 e. The number of H-pyrrole nitrogens is 1. The Hall–Kier alpha value is -5.91. The summed E-state index contributed by atoms with van der Waals surface area (Å²) in [7, 11) is -5.30. The molecule has 24 heteroatoms. The van der Waals surface area contributed by atoms with Gasteiger partial charge in [0.2, 0.25) is 11.9 Å². The summed E-state index contributed by atoms with van der Waals surface area (Å²) >= 11 is 0. The van der Waals surface area contributed by atoms with E-state index in [0.29, 0.717) is 0 Å². The molecule has 5 heterocycles. The summed E-state index contributed by atoms with van der Waals surface area (Å²) in [6, 6.07) is 15.4. The van der Waals surface area contributed by atoms with Crippen molar-refractivity contribution in [2.24, 2.45) is 0 Å². The van der Waals surface area contributed by atoms with E-state index >= 15 is 0 Å². The molecule has 8 N–H and O–H groups in total. The van der Waals surface area contributed by atoms with E-state index in [-0.39, 0.29) is 34.2 Å². The first-order valence-electron chi connectivity index (χ1n) is 16.5. The lowest BCUT2D eigenvalue weighted by Crippen LogP contribution is -2.40. The van der Waals surface area contributed by atoms with E-state index in [1.54, 1.807) is 36.4 Å². The van der Waals surface area contributed by atoms with Crippen LogP contribution in [0.25, 0.3) is 11.2 Å². The summed E-state index contributed by atoms with van der Waals surface area (Å²) in [5.74, 6) is -2.49. The minimum atomic E-state index is -5.30. The van der Waals surface area contributed by atoms with Crippen molar-refractivity contribution in [2.75, 3.05) is 24.7 Å². The van der Waals surface area contributed by atoms with E-state index in [0.717, 1.165) is 17.2 Å².